The number of nitrogens with two attached hydrogens (primary N) is 1. The number of rotatable bonds is 1. The van der Waals surface area contributed by atoms with Crippen LogP contribution in [0.1, 0.15) is 31.9 Å². The van der Waals surface area contributed by atoms with Crippen molar-refractivity contribution >= 4 is 21.9 Å². The largest absolute Gasteiger partial charge is 0.459 e. The van der Waals surface area contributed by atoms with Gasteiger partial charge >= 0.3 is 5.97 Å². The Labute approximate surface area is 118 Å². The maximum Gasteiger partial charge on any atom is 0.320 e. The Morgan fingerprint density at radius 2 is 1.89 bits per heavy atom. The zero-order chi connectivity index (χ0) is 14.3. The van der Waals surface area contributed by atoms with Crippen LogP contribution < -0.4 is 5.73 Å². The summed E-state index contributed by atoms with van der Waals surface area (Å²) in [7, 11) is 0. The van der Waals surface area contributed by atoms with E-state index in [2.05, 4.69) is 41.9 Å². The third kappa shape index (κ3) is 7.45. The molecule has 0 aliphatic carbocycles. The first-order valence-electron chi connectivity index (χ1n) is 5.81. The van der Waals surface area contributed by atoms with E-state index in [0.717, 1.165) is 0 Å². The molecule has 0 amide bonds. The van der Waals surface area contributed by atoms with Crippen molar-refractivity contribution in [2.24, 2.45) is 5.73 Å². The van der Waals surface area contributed by atoms with Crippen LogP contribution in [0.25, 0.3) is 0 Å². The number of ether oxygens (including phenoxy) is 1. The average Bonchev–Trinajstić information content (AvgIpc) is 2.24. The number of benzene rings is 1. The standard InChI is InChI=1S/C8H9Br.C6H13NO2/c1-6-4-3-5-8(9)7(6)2;1-6(2,3)9-5(8)4-7/h3-5H,1-2H3;4,7H2,1-3H3. The highest BCUT2D eigenvalue weighted by Crippen LogP contribution is 2.17. The molecule has 102 valence electrons. The molecule has 1 rings (SSSR count). The molecule has 2 N–H and O–H groups in total. The Morgan fingerprint density at radius 3 is 2.17 bits per heavy atom. The predicted molar refractivity (Wildman–Crippen MR) is 78.5 cm³/mol. The van der Waals surface area contributed by atoms with Gasteiger partial charge in [0.05, 0.1) is 6.54 Å². The number of halogens is 1. The number of carbonyl (C=O) groups is 1. The zero-order valence-electron chi connectivity index (χ0n) is 11.7. The fourth-order valence-electron chi connectivity index (χ4n) is 1.10. The summed E-state index contributed by atoms with van der Waals surface area (Å²) < 4.78 is 6.02. The van der Waals surface area contributed by atoms with E-state index in [1.165, 1.54) is 15.6 Å². The van der Waals surface area contributed by atoms with Crippen molar-refractivity contribution in [3.05, 3.63) is 33.8 Å². The van der Waals surface area contributed by atoms with Crippen molar-refractivity contribution in [2.45, 2.75) is 40.2 Å². The lowest BCUT2D eigenvalue weighted by molar-refractivity contribution is -0.152. The topological polar surface area (TPSA) is 52.3 Å². The minimum absolute atomic E-state index is 0.0444. The number of carbonyl (C=O) groups excluding carboxylic acids is 1. The third-order valence-corrected chi connectivity index (χ3v) is 2.98. The van der Waals surface area contributed by atoms with E-state index in [4.69, 9.17) is 10.5 Å². The van der Waals surface area contributed by atoms with Crippen LogP contribution in [0.5, 0.6) is 0 Å². The highest BCUT2D eigenvalue weighted by molar-refractivity contribution is 9.10. The molecule has 0 saturated heterocycles. The van der Waals surface area contributed by atoms with Crippen LogP contribution >= 0.6 is 15.9 Å². The Kier molecular flexibility index (Phi) is 7.18. The van der Waals surface area contributed by atoms with E-state index in [9.17, 15) is 4.79 Å². The van der Waals surface area contributed by atoms with Gasteiger partial charge in [-0.2, -0.15) is 0 Å². The van der Waals surface area contributed by atoms with Gasteiger partial charge in [-0.3, -0.25) is 4.79 Å². The van der Waals surface area contributed by atoms with Crippen molar-refractivity contribution in [1.29, 1.82) is 0 Å². The van der Waals surface area contributed by atoms with E-state index in [-0.39, 0.29) is 12.5 Å². The lowest BCUT2D eigenvalue weighted by atomic mass is 10.1. The number of hydrogen-bond donors (Lipinski definition) is 1. The first-order valence-corrected chi connectivity index (χ1v) is 6.60. The summed E-state index contributed by atoms with van der Waals surface area (Å²) in [6.07, 6.45) is 0. The smallest absolute Gasteiger partial charge is 0.320 e. The summed E-state index contributed by atoms with van der Waals surface area (Å²) in [6, 6.07) is 6.22. The molecular weight excluding hydrogens is 294 g/mol. The quantitative estimate of drug-likeness (QED) is 0.808. The summed E-state index contributed by atoms with van der Waals surface area (Å²) in [6.45, 7) is 9.60. The van der Waals surface area contributed by atoms with E-state index < -0.39 is 5.60 Å². The highest BCUT2D eigenvalue weighted by atomic mass is 79.9. The Balaban J connectivity index is 0.000000321. The summed E-state index contributed by atoms with van der Waals surface area (Å²) in [4.78, 5) is 10.5. The minimum atomic E-state index is -0.406. The number of aryl methyl sites for hydroxylation is 1. The van der Waals surface area contributed by atoms with Crippen molar-refractivity contribution in [3.63, 3.8) is 0 Å². The van der Waals surface area contributed by atoms with E-state index >= 15 is 0 Å². The molecule has 0 heterocycles. The third-order valence-electron chi connectivity index (χ3n) is 2.13. The van der Waals surface area contributed by atoms with Gasteiger partial charge in [0.15, 0.2) is 0 Å². The Bertz CT molecular complexity index is 377. The first-order chi connectivity index (χ1) is 8.17. The second-order valence-corrected chi connectivity index (χ2v) is 5.83. The lowest BCUT2D eigenvalue weighted by Crippen LogP contribution is -2.28. The molecule has 0 aromatic heterocycles. The van der Waals surface area contributed by atoms with Crippen LogP contribution in [0.3, 0.4) is 0 Å². The molecular formula is C14H22BrNO2. The molecule has 0 unspecified atom stereocenters. The van der Waals surface area contributed by atoms with Crippen molar-refractivity contribution < 1.29 is 9.53 Å². The number of esters is 1. The minimum Gasteiger partial charge on any atom is -0.459 e. The van der Waals surface area contributed by atoms with Crippen LogP contribution in [0, 0.1) is 13.8 Å². The lowest BCUT2D eigenvalue weighted by Gasteiger charge is -2.18. The van der Waals surface area contributed by atoms with Crippen LogP contribution in [0.4, 0.5) is 0 Å². The van der Waals surface area contributed by atoms with Gasteiger partial charge in [-0.05, 0) is 51.8 Å². The molecule has 4 heteroatoms. The summed E-state index contributed by atoms with van der Waals surface area (Å²) in [5.74, 6) is -0.359. The Morgan fingerprint density at radius 1 is 1.33 bits per heavy atom. The molecule has 1 aromatic carbocycles. The maximum atomic E-state index is 10.5. The average molecular weight is 316 g/mol. The second-order valence-electron chi connectivity index (χ2n) is 4.97. The molecule has 0 atom stereocenters. The van der Waals surface area contributed by atoms with E-state index in [1.807, 2.05) is 6.07 Å². The van der Waals surface area contributed by atoms with Gasteiger partial charge in [-0.15, -0.1) is 0 Å². The van der Waals surface area contributed by atoms with Crippen molar-refractivity contribution in [1.82, 2.24) is 0 Å². The summed E-state index contributed by atoms with van der Waals surface area (Å²) in [5.41, 5.74) is 7.27. The molecule has 0 radical (unpaired) electrons. The van der Waals surface area contributed by atoms with Gasteiger partial charge in [0.2, 0.25) is 0 Å². The van der Waals surface area contributed by atoms with Gasteiger partial charge < -0.3 is 10.5 Å². The van der Waals surface area contributed by atoms with Gasteiger partial charge in [-0.1, -0.05) is 28.1 Å². The predicted octanol–water partition coefficient (Wildman–Crippen LogP) is 3.35. The molecule has 0 spiro atoms. The van der Waals surface area contributed by atoms with Crippen LogP contribution in [0.15, 0.2) is 22.7 Å². The van der Waals surface area contributed by atoms with Gasteiger partial charge in [-0.25, -0.2) is 0 Å². The van der Waals surface area contributed by atoms with Gasteiger partial charge in [0.1, 0.15) is 5.60 Å². The molecule has 18 heavy (non-hydrogen) atoms. The van der Waals surface area contributed by atoms with Gasteiger partial charge in [0.25, 0.3) is 0 Å². The second kappa shape index (κ2) is 7.54. The summed E-state index contributed by atoms with van der Waals surface area (Å²) >= 11 is 3.45. The molecule has 0 aliphatic heterocycles. The molecule has 0 saturated carbocycles. The van der Waals surface area contributed by atoms with E-state index in [1.54, 1.807) is 20.8 Å². The maximum absolute atomic E-state index is 10.5. The monoisotopic (exact) mass is 315 g/mol. The molecule has 0 bridgehead atoms. The normalized spacial score (nSPS) is 10.4. The molecule has 0 fully saturated rings. The van der Waals surface area contributed by atoms with Crippen molar-refractivity contribution in [3.8, 4) is 0 Å². The van der Waals surface area contributed by atoms with Crippen LogP contribution in [0.2, 0.25) is 0 Å². The molecule has 3 nitrogen and oxygen atoms in total. The number of hydrogen-bond acceptors (Lipinski definition) is 3. The highest BCUT2D eigenvalue weighted by Gasteiger charge is 2.13. The van der Waals surface area contributed by atoms with Gasteiger partial charge in [0, 0.05) is 4.47 Å². The molecule has 0 aliphatic rings. The first kappa shape index (κ1) is 17.1. The zero-order valence-corrected chi connectivity index (χ0v) is 13.3. The van der Waals surface area contributed by atoms with E-state index in [0.29, 0.717) is 0 Å². The fourth-order valence-corrected chi connectivity index (χ4v) is 1.56. The SMILES string of the molecule is CC(C)(C)OC(=O)CN.Cc1cccc(Br)c1C. The fraction of sp³-hybridized carbons (Fsp3) is 0.500. The van der Waals surface area contributed by atoms with Crippen molar-refractivity contribution in [2.75, 3.05) is 6.54 Å². The Hall–Kier alpha value is -0.870. The van der Waals surface area contributed by atoms with Crippen LogP contribution in [-0.4, -0.2) is 18.1 Å². The molecule has 1 aromatic rings. The van der Waals surface area contributed by atoms with Crippen LogP contribution in [-0.2, 0) is 9.53 Å². The summed E-state index contributed by atoms with van der Waals surface area (Å²) in [5, 5.41) is 0.